The molecule has 0 spiro atoms. The van der Waals surface area contributed by atoms with E-state index in [4.69, 9.17) is 9.15 Å². The highest BCUT2D eigenvalue weighted by molar-refractivity contribution is 5.96. The van der Waals surface area contributed by atoms with Gasteiger partial charge in [0.2, 0.25) is 5.76 Å². The van der Waals surface area contributed by atoms with Crippen molar-refractivity contribution in [3.05, 3.63) is 102 Å². The molecule has 0 saturated carbocycles. The van der Waals surface area contributed by atoms with Crippen LogP contribution in [0.5, 0.6) is 0 Å². The molecule has 0 fully saturated rings. The smallest absolute Gasteiger partial charge is 0.374 e. The molecular weight excluding hydrogens is 366 g/mol. The number of para-hydroxylation sites is 2. The minimum absolute atomic E-state index is 0.0727. The van der Waals surface area contributed by atoms with Crippen molar-refractivity contribution in [1.29, 1.82) is 0 Å². The Labute approximate surface area is 167 Å². The minimum atomic E-state index is -0.672. The molecule has 1 amide bonds. The fraction of sp³-hybridized carbons (Fsp3) is 0.0833. The molecule has 0 unspecified atom stereocenters. The van der Waals surface area contributed by atoms with E-state index in [-0.39, 0.29) is 5.76 Å². The third-order valence-electron chi connectivity index (χ3n) is 4.49. The van der Waals surface area contributed by atoms with Gasteiger partial charge in [0.1, 0.15) is 5.58 Å². The average Bonchev–Trinajstić information content (AvgIpc) is 3.19. The van der Waals surface area contributed by atoms with E-state index in [1.165, 1.54) is 0 Å². The highest BCUT2D eigenvalue weighted by Crippen LogP contribution is 2.20. The number of hydrogen-bond donors (Lipinski definition) is 1. The largest absolute Gasteiger partial charge is 0.450 e. The molecule has 5 heteroatoms. The number of amides is 1. The van der Waals surface area contributed by atoms with E-state index in [0.717, 1.165) is 16.5 Å². The van der Waals surface area contributed by atoms with E-state index in [1.54, 1.807) is 12.1 Å². The van der Waals surface area contributed by atoms with E-state index in [2.05, 4.69) is 5.32 Å². The molecule has 1 heterocycles. The standard InChI is InChI=1S/C24H19NO4/c26-23(16-28-24(27)22-15-19-11-5-7-13-21(19)29-22)25-20-12-6-4-10-18(20)14-17-8-2-1-3-9-17/h1-13,15H,14,16H2,(H,25,26). The Kier molecular flexibility index (Phi) is 5.38. The summed E-state index contributed by atoms with van der Waals surface area (Å²) in [5, 5.41) is 3.62. The van der Waals surface area contributed by atoms with Crippen LogP contribution in [0.1, 0.15) is 21.7 Å². The number of anilines is 1. The summed E-state index contributed by atoms with van der Waals surface area (Å²) in [5.41, 5.74) is 3.42. The molecular formula is C24H19NO4. The van der Waals surface area contributed by atoms with E-state index < -0.39 is 18.5 Å². The van der Waals surface area contributed by atoms with Crippen molar-refractivity contribution in [1.82, 2.24) is 0 Å². The Morgan fingerprint density at radius 1 is 0.862 bits per heavy atom. The SMILES string of the molecule is O=C(COC(=O)c1cc2ccccc2o1)Nc1ccccc1Cc1ccccc1. The van der Waals surface area contributed by atoms with Crippen LogP contribution >= 0.6 is 0 Å². The summed E-state index contributed by atoms with van der Waals surface area (Å²) in [6.07, 6.45) is 0.691. The van der Waals surface area contributed by atoms with Crippen LogP contribution in [0.25, 0.3) is 11.0 Å². The molecule has 5 nitrogen and oxygen atoms in total. The Balaban J connectivity index is 1.38. The van der Waals surface area contributed by atoms with Gasteiger partial charge in [-0.3, -0.25) is 4.79 Å². The number of hydrogen-bond acceptors (Lipinski definition) is 4. The maximum atomic E-state index is 12.3. The zero-order valence-electron chi connectivity index (χ0n) is 15.6. The minimum Gasteiger partial charge on any atom is -0.450 e. The molecule has 0 saturated heterocycles. The van der Waals surface area contributed by atoms with Crippen LogP contribution in [0, 0.1) is 0 Å². The first-order valence-corrected chi connectivity index (χ1v) is 9.26. The van der Waals surface area contributed by atoms with Crippen LogP contribution in [0.2, 0.25) is 0 Å². The van der Waals surface area contributed by atoms with Crippen molar-refractivity contribution < 1.29 is 18.7 Å². The van der Waals surface area contributed by atoms with E-state index >= 15 is 0 Å². The number of esters is 1. The van der Waals surface area contributed by atoms with E-state index in [0.29, 0.717) is 17.7 Å². The van der Waals surface area contributed by atoms with Gasteiger partial charge in [-0.2, -0.15) is 0 Å². The summed E-state index contributed by atoms with van der Waals surface area (Å²) < 4.78 is 10.6. The first kappa shape index (κ1) is 18.5. The summed E-state index contributed by atoms with van der Waals surface area (Å²) in [6.45, 7) is -0.393. The number of furan rings is 1. The molecule has 1 N–H and O–H groups in total. The normalized spacial score (nSPS) is 10.6. The lowest BCUT2D eigenvalue weighted by molar-refractivity contribution is -0.119. The second-order valence-electron chi connectivity index (χ2n) is 6.59. The molecule has 1 aromatic heterocycles. The Morgan fingerprint density at radius 3 is 2.41 bits per heavy atom. The van der Waals surface area contributed by atoms with Gasteiger partial charge in [0.15, 0.2) is 6.61 Å². The summed E-state index contributed by atoms with van der Waals surface area (Å²) in [5.74, 6) is -1.01. The van der Waals surface area contributed by atoms with Crippen molar-refractivity contribution in [2.75, 3.05) is 11.9 Å². The van der Waals surface area contributed by atoms with Crippen LogP contribution < -0.4 is 5.32 Å². The number of carbonyl (C=O) groups excluding carboxylic acids is 2. The molecule has 0 bridgehead atoms. The Morgan fingerprint density at radius 2 is 1.59 bits per heavy atom. The fourth-order valence-electron chi connectivity index (χ4n) is 3.08. The summed E-state index contributed by atoms with van der Waals surface area (Å²) in [4.78, 5) is 24.5. The van der Waals surface area contributed by atoms with Crippen LogP contribution in [0.15, 0.2) is 89.3 Å². The Bertz CT molecular complexity index is 1110. The maximum Gasteiger partial charge on any atom is 0.374 e. The molecule has 29 heavy (non-hydrogen) atoms. The summed E-state index contributed by atoms with van der Waals surface area (Å²) in [6, 6.07) is 26.4. The maximum absolute atomic E-state index is 12.3. The van der Waals surface area contributed by atoms with Gasteiger partial charge in [0.05, 0.1) is 0 Å². The second-order valence-corrected chi connectivity index (χ2v) is 6.59. The van der Waals surface area contributed by atoms with Crippen LogP contribution in [-0.4, -0.2) is 18.5 Å². The van der Waals surface area contributed by atoms with Gasteiger partial charge in [-0.25, -0.2) is 4.79 Å². The number of carbonyl (C=O) groups is 2. The summed E-state index contributed by atoms with van der Waals surface area (Å²) in [7, 11) is 0. The third kappa shape index (κ3) is 4.52. The predicted molar refractivity (Wildman–Crippen MR) is 111 cm³/mol. The van der Waals surface area contributed by atoms with Crippen LogP contribution in [-0.2, 0) is 16.0 Å². The van der Waals surface area contributed by atoms with Gasteiger partial charge in [0.25, 0.3) is 5.91 Å². The van der Waals surface area contributed by atoms with Crippen LogP contribution in [0.4, 0.5) is 5.69 Å². The number of rotatable bonds is 6. The molecule has 144 valence electrons. The lowest BCUT2D eigenvalue weighted by Gasteiger charge is -2.11. The number of nitrogens with one attached hydrogen (secondary N) is 1. The zero-order valence-corrected chi connectivity index (χ0v) is 15.6. The molecule has 3 aromatic carbocycles. The molecule has 4 aromatic rings. The van der Waals surface area contributed by atoms with Crippen molar-refractivity contribution in [3.63, 3.8) is 0 Å². The van der Waals surface area contributed by atoms with Gasteiger partial charge in [-0.15, -0.1) is 0 Å². The monoisotopic (exact) mass is 385 g/mol. The average molecular weight is 385 g/mol. The van der Waals surface area contributed by atoms with Crippen molar-refractivity contribution in [2.24, 2.45) is 0 Å². The van der Waals surface area contributed by atoms with Gasteiger partial charge in [-0.05, 0) is 35.7 Å². The van der Waals surface area contributed by atoms with Crippen molar-refractivity contribution in [3.8, 4) is 0 Å². The molecule has 4 rings (SSSR count). The van der Waals surface area contributed by atoms with E-state index in [1.807, 2.05) is 72.8 Å². The first-order chi connectivity index (χ1) is 14.2. The molecule has 0 aliphatic heterocycles. The lowest BCUT2D eigenvalue weighted by atomic mass is 10.0. The number of benzene rings is 3. The summed E-state index contributed by atoms with van der Waals surface area (Å²) >= 11 is 0. The molecule has 0 radical (unpaired) electrons. The molecule has 0 aliphatic carbocycles. The Hall–Kier alpha value is -3.86. The first-order valence-electron chi connectivity index (χ1n) is 9.26. The highest BCUT2D eigenvalue weighted by atomic mass is 16.5. The second kappa shape index (κ2) is 8.44. The highest BCUT2D eigenvalue weighted by Gasteiger charge is 2.16. The number of ether oxygens (including phenoxy) is 1. The van der Waals surface area contributed by atoms with Crippen molar-refractivity contribution in [2.45, 2.75) is 6.42 Å². The van der Waals surface area contributed by atoms with Gasteiger partial charge in [0, 0.05) is 11.1 Å². The third-order valence-corrected chi connectivity index (χ3v) is 4.49. The fourth-order valence-corrected chi connectivity index (χ4v) is 3.08. The topological polar surface area (TPSA) is 68.5 Å². The van der Waals surface area contributed by atoms with Crippen molar-refractivity contribution >= 4 is 28.5 Å². The van der Waals surface area contributed by atoms with E-state index in [9.17, 15) is 9.59 Å². The predicted octanol–water partition coefficient (Wildman–Crippen LogP) is 4.82. The molecule has 0 aliphatic rings. The van der Waals surface area contributed by atoms with Gasteiger partial charge >= 0.3 is 5.97 Å². The van der Waals surface area contributed by atoms with Gasteiger partial charge < -0.3 is 14.5 Å². The molecule has 0 atom stereocenters. The number of fused-ring (bicyclic) bond motifs is 1. The quantitative estimate of drug-likeness (QED) is 0.483. The van der Waals surface area contributed by atoms with Gasteiger partial charge in [-0.1, -0.05) is 66.7 Å². The lowest BCUT2D eigenvalue weighted by Crippen LogP contribution is -2.21. The van der Waals surface area contributed by atoms with Crippen LogP contribution in [0.3, 0.4) is 0 Å². The zero-order chi connectivity index (χ0) is 20.1.